The third-order valence-electron chi connectivity index (χ3n) is 2.51. The third-order valence-corrected chi connectivity index (χ3v) is 2.51. The van der Waals surface area contributed by atoms with E-state index in [1.165, 1.54) is 7.11 Å². The van der Waals surface area contributed by atoms with Gasteiger partial charge in [0.2, 0.25) is 0 Å². The standard InChI is InChI=1S/C9H15NO4/c1-5-3-6(9(13)14-2)7(8(11)12)10-4-5/h5-7,10H,3-4H2,1-2H3,(H,11,12)/t5-,6-,7+/m0/s1. The highest BCUT2D eigenvalue weighted by Crippen LogP contribution is 2.22. The topological polar surface area (TPSA) is 75.6 Å². The van der Waals surface area contributed by atoms with Crippen molar-refractivity contribution >= 4 is 11.9 Å². The summed E-state index contributed by atoms with van der Waals surface area (Å²) in [7, 11) is 1.28. The number of hydrogen-bond acceptors (Lipinski definition) is 4. The van der Waals surface area contributed by atoms with Crippen LogP contribution in [-0.4, -0.2) is 36.7 Å². The zero-order valence-corrected chi connectivity index (χ0v) is 8.32. The van der Waals surface area contributed by atoms with Crippen LogP contribution in [0.4, 0.5) is 0 Å². The minimum atomic E-state index is -0.993. The smallest absolute Gasteiger partial charge is 0.321 e. The first-order valence-corrected chi connectivity index (χ1v) is 4.60. The number of methoxy groups -OCH3 is 1. The Balaban J connectivity index is 2.73. The number of esters is 1. The van der Waals surface area contributed by atoms with Crippen molar-refractivity contribution in [2.24, 2.45) is 11.8 Å². The summed E-state index contributed by atoms with van der Waals surface area (Å²) in [4.78, 5) is 22.1. The maximum Gasteiger partial charge on any atom is 0.321 e. The van der Waals surface area contributed by atoms with E-state index in [0.717, 1.165) is 0 Å². The first kappa shape index (κ1) is 11.0. The fraction of sp³-hybridized carbons (Fsp3) is 0.778. The molecule has 1 rings (SSSR count). The minimum Gasteiger partial charge on any atom is -0.480 e. The number of rotatable bonds is 2. The van der Waals surface area contributed by atoms with E-state index in [4.69, 9.17) is 5.11 Å². The molecule has 1 saturated heterocycles. The van der Waals surface area contributed by atoms with E-state index in [0.29, 0.717) is 18.9 Å². The Morgan fingerprint density at radius 3 is 2.64 bits per heavy atom. The zero-order chi connectivity index (χ0) is 10.7. The van der Waals surface area contributed by atoms with E-state index in [-0.39, 0.29) is 0 Å². The van der Waals surface area contributed by atoms with Crippen LogP contribution in [0.1, 0.15) is 13.3 Å². The van der Waals surface area contributed by atoms with Gasteiger partial charge in [0.05, 0.1) is 13.0 Å². The monoisotopic (exact) mass is 201 g/mol. The van der Waals surface area contributed by atoms with Gasteiger partial charge in [-0.15, -0.1) is 0 Å². The van der Waals surface area contributed by atoms with E-state index in [1.54, 1.807) is 0 Å². The number of carbonyl (C=O) groups is 2. The average molecular weight is 201 g/mol. The van der Waals surface area contributed by atoms with Crippen molar-refractivity contribution in [3.05, 3.63) is 0 Å². The lowest BCUT2D eigenvalue weighted by Gasteiger charge is -2.31. The second kappa shape index (κ2) is 4.41. The first-order chi connectivity index (χ1) is 6.56. The van der Waals surface area contributed by atoms with Gasteiger partial charge in [0, 0.05) is 0 Å². The van der Waals surface area contributed by atoms with Crippen molar-refractivity contribution in [3.63, 3.8) is 0 Å². The number of hydrogen-bond donors (Lipinski definition) is 2. The number of nitrogens with one attached hydrogen (secondary N) is 1. The zero-order valence-electron chi connectivity index (χ0n) is 8.32. The maximum absolute atomic E-state index is 11.3. The number of aliphatic carboxylic acids is 1. The second-order valence-electron chi connectivity index (χ2n) is 3.69. The van der Waals surface area contributed by atoms with E-state index < -0.39 is 23.9 Å². The van der Waals surface area contributed by atoms with Crippen molar-refractivity contribution in [1.29, 1.82) is 0 Å². The van der Waals surface area contributed by atoms with Crippen LogP contribution in [0.25, 0.3) is 0 Å². The van der Waals surface area contributed by atoms with Gasteiger partial charge in [-0.2, -0.15) is 0 Å². The van der Waals surface area contributed by atoms with Crippen LogP contribution < -0.4 is 5.32 Å². The van der Waals surface area contributed by atoms with Crippen molar-refractivity contribution in [3.8, 4) is 0 Å². The summed E-state index contributed by atoms with van der Waals surface area (Å²) >= 11 is 0. The summed E-state index contributed by atoms with van der Waals surface area (Å²) in [5, 5.41) is 11.7. The van der Waals surface area contributed by atoms with Gasteiger partial charge < -0.3 is 15.2 Å². The molecule has 1 fully saturated rings. The number of carbonyl (C=O) groups excluding carboxylic acids is 1. The minimum absolute atomic E-state index is 0.301. The lowest BCUT2D eigenvalue weighted by atomic mass is 9.85. The largest absolute Gasteiger partial charge is 0.480 e. The Bertz CT molecular complexity index is 241. The van der Waals surface area contributed by atoms with Crippen LogP contribution in [0.2, 0.25) is 0 Å². The maximum atomic E-state index is 11.3. The second-order valence-corrected chi connectivity index (χ2v) is 3.69. The molecule has 0 aliphatic carbocycles. The molecular weight excluding hydrogens is 186 g/mol. The Morgan fingerprint density at radius 2 is 2.14 bits per heavy atom. The van der Waals surface area contributed by atoms with Gasteiger partial charge in [-0.25, -0.2) is 0 Å². The lowest BCUT2D eigenvalue weighted by molar-refractivity contribution is -0.155. The van der Waals surface area contributed by atoms with E-state index in [1.807, 2.05) is 6.92 Å². The highest BCUT2D eigenvalue weighted by molar-refractivity contribution is 5.83. The molecule has 1 aliphatic rings. The van der Waals surface area contributed by atoms with Gasteiger partial charge in [-0.3, -0.25) is 9.59 Å². The van der Waals surface area contributed by atoms with Gasteiger partial charge >= 0.3 is 11.9 Å². The molecule has 0 saturated carbocycles. The molecule has 0 aromatic rings. The molecule has 0 radical (unpaired) electrons. The molecule has 1 aliphatic heterocycles. The summed E-state index contributed by atoms with van der Waals surface area (Å²) in [5.74, 6) is -1.71. The highest BCUT2D eigenvalue weighted by atomic mass is 16.5. The van der Waals surface area contributed by atoms with Gasteiger partial charge in [0.1, 0.15) is 6.04 Å². The van der Waals surface area contributed by atoms with Crippen LogP contribution >= 0.6 is 0 Å². The number of ether oxygens (including phenoxy) is 1. The number of piperidine rings is 1. The molecule has 0 bridgehead atoms. The summed E-state index contributed by atoms with van der Waals surface area (Å²) in [5.41, 5.74) is 0. The molecule has 5 heteroatoms. The Labute approximate surface area is 82.4 Å². The fourth-order valence-electron chi connectivity index (χ4n) is 1.77. The molecule has 2 N–H and O–H groups in total. The normalized spacial score (nSPS) is 32.3. The van der Waals surface area contributed by atoms with Crippen LogP contribution in [0.5, 0.6) is 0 Å². The molecule has 80 valence electrons. The molecule has 0 amide bonds. The SMILES string of the molecule is COC(=O)[C@H]1C[C@H](C)CN[C@H]1C(=O)O. The van der Waals surface area contributed by atoms with Gasteiger partial charge in [0.15, 0.2) is 0 Å². The van der Waals surface area contributed by atoms with E-state index >= 15 is 0 Å². The molecule has 3 atom stereocenters. The van der Waals surface area contributed by atoms with Crippen LogP contribution in [-0.2, 0) is 14.3 Å². The van der Waals surface area contributed by atoms with Crippen LogP contribution in [0, 0.1) is 11.8 Å². The van der Waals surface area contributed by atoms with E-state index in [2.05, 4.69) is 10.1 Å². The highest BCUT2D eigenvalue weighted by Gasteiger charge is 2.38. The molecule has 0 aromatic carbocycles. The van der Waals surface area contributed by atoms with Crippen LogP contribution in [0.3, 0.4) is 0 Å². The average Bonchev–Trinajstić information content (AvgIpc) is 2.16. The Hall–Kier alpha value is -1.10. The van der Waals surface area contributed by atoms with Crippen molar-refractivity contribution in [2.45, 2.75) is 19.4 Å². The van der Waals surface area contributed by atoms with Crippen molar-refractivity contribution < 1.29 is 19.4 Å². The van der Waals surface area contributed by atoms with Crippen LogP contribution in [0.15, 0.2) is 0 Å². The summed E-state index contributed by atoms with van der Waals surface area (Å²) in [6, 6.07) is -0.807. The molecule has 0 aromatic heterocycles. The molecule has 14 heavy (non-hydrogen) atoms. The van der Waals surface area contributed by atoms with E-state index in [9.17, 15) is 9.59 Å². The number of carboxylic acid groups (broad SMARTS) is 1. The number of carboxylic acids is 1. The van der Waals surface area contributed by atoms with Crippen molar-refractivity contribution in [1.82, 2.24) is 5.32 Å². The quantitative estimate of drug-likeness (QED) is 0.608. The predicted octanol–water partition coefficient (Wildman–Crippen LogP) is -0.142. The van der Waals surface area contributed by atoms with Gasteiger partial charge in [0.25, 0.3) is 0 Å². The Morgan fingerprint density at radius 1 is 1.50 bits per heavy atom. The molecular formula is C9H15NO4. The molecule has 0 spiro atoms. The molecule has 0 unspecified atom stereocenters. The summed E-state index contributed by atoms with van der Waals surface area (Å²) in [6.07, 6.45) is 0.566. The predicted molar refractivity (Wildman–Crippen MR) is 48.7 cm³/mol. The lowest BCUT2D eigenvalue weighted by Crippen LogP contribution is -2.52. The Kier molecular flexibility index (Phi) is 3.46. The third kappa shape index (κ3) is 2.23. The van der Waals surface area contributed by atoms with Gasteiger partial charge in [-0.1, -0.05) is 6.92 Å². The first-order valence-electron chi connectivity index (χ1n) is 4.60. The molecule has 5 nitrogen and oxygen atoms in total. The summed E-state index contributed by atoms with van der Waals surface area (Å²) in [6.45, 7) is 2.60. The summed E-state index contributed by atoms with van der Waals surface area (Å²) < 4.78 is 4.58. The van der Waals surface area contributed by atoms with Gasteiger partial charge in [-0.05, 0) is 18.9 Å². The van der Waals surface area contributed by atoms with Crippen molar-refractivity contribution in [2.75, 3.05) is 13.7 Å². The molecule has 1 heterocycles. The fourth-order valence-corrected chi connectivity index (χ4v) is 1.77.